The molecule has 0 N–H and O–H groups in total. The molecule has 2 rings (SSSR count). The minimum Gasteiger partial charge on any atom is -0.256 e. The number of aromatic nitrogens is 1. The fourth-order valence-corrected chi connectivity index (χ4v) is 2.47. The molecule has 19 heavy (non-hydrogen) atoms. The van der Waals surface area contributed by atoms with Gasteiger partial charge in [-0.3, -0.25) is 4.98 Å². The van der Waals surface area contributed by atoms with Crippen LogP contribution in [0.3, 0.4) is 0 Å². The quantitative estimate of drug-likeness (QED) is 0.810. The van der Waals surface area contributed by atoms with Gasteiger partial charge >= 0.3 is 0 Å². The molecule has 0 amide bonds. The predicted molar refractivity (Wildman–Crippen MR) is 79.1 cm³/mol. The third-order valence-corrected chi connectivity index (χ3v) is 3.37. The molecule has 2 heteroatoms. The first-order valence-electron chi connectivity index (χ1n) is 6.85. The van der Waals surface area contributed by atoms with Crippen molar-refractivity contribution in [2.24, 2.45) is 5.92 Å². The first-order valence-corrected chi connectivity index (χ1v) is 6.85. The van der Waals surface area contributed by atoms with Crippen molar-refractivity contribution in [3.63, 3.8) is 0 Å². The molecule has 0 bridgehead atoms. The second-order valence-corrected chi connectivity index (χ2v) is 5.77. The van der Waals surface area contributed by atoms with E-state index in [1.54, 1.807) is 0 Å². The van der Waals surface area contributed by atoms with Crippen LogP contribution in [0, 0.1) is 17.2 Å². The van der Waals surface area contributed by atoms with Crippen LogP contribution in [0.2, 0.25) is 0 Å². The van der Waals surface area contributed by atoms with E-state index in [0.29, 0.717) is 11.8 Å². The molecule has 98 valence electrons. The predicted octanol–water partition coefficient (Wildman–Crippen LogP) is 4.43. The Morgan fingerprint density at radius 3 is 2.53 bits per heavy atom. The molecule has 0 aliphatic rings. The summed E-state index contributed by atoms with van der Waals surface area (Å²) < 4.78 is 0. The van der Waals surface area contributed by atoms with Crippen LogP contribution < -0.4 is 0 Å². The van der Waals surface area contributed by atoms with E-state index < -0.39 is 0 Å². The van der Waals surface area contributed by atoms with Crippen molar-refractivity contribution in [1.82, 2.24) is 4.98 Å². The van der Waals surface area contributed by atoms with Gasteiger partial charge in [-0.25, -0.2) is 0 Å². The van der Waals surface area contributed by atoms with Gasteiger partial charge in [0.15, 0.2) is 0 Å². The topological polar surface area (TPSA) is 36.7 Å². The lowest BCUT2D eigenvalue weighted by Gasteiger charge is -2.13. The van der Waals surface area contributed by atoms with Gasteiger partial charge in [-0.2, -0.15) is 5.26 Å². The summed E-state index contributed by atoms with van der Waals surface area (Å²) in [7, 11) is 0. The standard InChI is InChI=1S/C17H20N2/c1-11(2)8-13-6-5-7-14-15(9-18)16(12(3)4)10-19-17(13)14/h5-7,10-12H,8H2,1-4H3. The van der Waals surface area contributed by atoms with Crippen LogP contribution >= 0.6 is 0 Å². The zero-order chi connectivity index (χ0) is 14.0. The van der Waals surface area contributed by atoms with Gasteiger partial charge in [0, 0.05) is 11.6 Å². The van der Waals surface area contributed by atoms with Crippen molar-refractivity contribution in [3.8, 4) is 6.07 Å². The second-order valence-electron chi connectivity index (χ2n) is 5.77. The third-order valence-electron chi connectivity index (χ3n) is 3.37. The molecule has 1 heterocycles. The van der Waals surface area contributed by atoms with Crippen LogP contribution in [0.4, 0.5) is 0 Å². The van der Waals surface area contributed by atoms with Gasteiger partial charge in [-0.1, -0.05) is 45.9 Å². The van der Waals surface area contributed by atoms with Crippen molar-refractivity contribution in [3.05, 3.63) is 41.1 Å². The van der Waals surface area contributed by atoms with Gasteiger partial charge in [0.1, 0.15) is 6.07 Å². The minimum atomic E-state index is 0.320. The van der Waals surface area contributed by atoms with Crippen molar-refractivity contribution >= 4 is 10.9 Å². The smallest absolute Gasteiger partial charge is 0.100 e. The molecule has 0 saturated carbocycles. The number of hydrogen-bond donors (Lipinski definition) is 0. The van der Waals surface area contributed by atoms with Crippen molar-refractivity contribution in [1.29, 1.82) is 5.26 Å². The molecular weight excluding hydrogens is 232 g/mol. The van der Waals surface area contributed by atoms with E-state index in [-0.39, 0.29) is 0 Å². The van der Waals surface area contributed by atoms with E-state index in [0.717, 1.165) is 28.5 Å². The Hall–Kier alpha value is -1.88. The Bertz CT molecular complexity index is 633. The maximum atomic E-state index is 9.46. The Labute approximate surface area is 115 Å². The van der Waals surface area contributed by atoms with Gasteiger partial charge in [0.25, 0.3) is 0 Å². The third kappa shape index (κ3) is 2.61. The summed E-state index contributed by atoms with van der Waals surface area (Å²) in [4.78, 5) is 4.61. The minimum absolute atomic E-state index is 0.320. The van der Waals surface area contributed by atoms with Crippen molar-refractivity contribution in [2.45, 2.75) is 40.0 Å². The molecule has 2 aromatic rings. The van der Waals surface area contributed by atoms with E-state index in [9.17, 15) is 5.26 Å². The molecule has 2 nitrogen and oxygen atoms in total. The van der Waals surface area contributed by atoms with E-state index in [1.807, 2.05) is 18.3 Å². The number of para-hydroxylation sites is 1. The Morgan fingerprint density at radius 2 is 1.95 bits per heavy atom. The number of pyridine rings is 1. The summed E-state index contributed by atoms with van der Waals surface area (Å²) in [6.45, 7) is 8.60. The van der Waals surface area contributed by atoms with Gasteiger partial charge in [0.05, 0.1) is 11.1 Å². The number of nitrogens with zero attached hydrogens (tertiary/aromatic N) is 2. The number of hydrogen-bond acceptors (Lipinski definition) is 2. The molecule has 1 aromatic carbocycles. The van der Waals surface area contributed by atoms with Gasteiger partial charge in [0.2, 0.25) is 0 Å². The molecule has 0 spiro atoms. The van der Waals surface area contributed by atoms with Crippen LogP contribution in [-0.2, 0) is 6.42 Å². The summed E-state index contributed by atoms with van der Waals surface area (Å²) in [6, 6.07) is 8.52. The van der Waals surface area contributed by atoms with E-state index in [2.05, 4.69) is 44.8 Å². The normalized spacial score (nSPS) is 11.2. The van der Waals surface area contributed by atoms with Crippen LogP contribution in [0.15, 0.2) is 24.4 Å². The molecule has 0 aliphatic heterocycles. The highest BCUT2D eigenvalue weighted by molar-refractivity contribution is 5.88. The molecule has 0 atom stereocenters. The maximum Gasteiger partial charge on any atom is 0.100 e. The van der Waals surface area contributed by atoms with E-state index >= 15 is 0 Å². The lowest BCUT2D eigenvalue weighted by molar-refractivity contribution is 0.649. The van der Waals surface area contributed by atoms with Crippen LogP contribution in [0.25, 0.3) is 10.9 Å². The Balaban J connectivity index is 2.71. The lowest BCUT2D eigenvalue weighted by Crippen LogP contribution is -2.00. The first kappa shape index (κ1) is 13.5. The molecule has 0 saturated heterocycles. The number of benzene rings is 1. The number of fused-ring (bicyclic) bond motifs is 1. The fraction of sp³-hybridized carbons (Fsp3) is 0.412. The zero-order valence-corrected chi connectivity index (χ0v) is 12.1. The van der Waals surface area contributed by atoms with Gasteiger partial charge in [-0.05, 0) is 29.4 Å². The SMILES string of the molecule is CC(C)Cc1cccc2c(C#N)c(C(C)C)cnc12. The van der Waals surface area contributed by atoms with Crippen LogP contribution in [-0.4, -0.2) is 4.98 Å². The van der Waals surface area contributed by atoms with E-state index in [1.165, 1.54) is 5.56 Å². The fourth-order valence-electron chi connectivity index (χ4n) is 2.47. The van der Waals surface area contributed by atoms with Crippen molar-refractivity contribution < 1.29 is 0 Å². The largest absolute Gasteiger partial charge is 0.256 e. The second kappa shape index (κ2) is 5.40. The Kier molecular flexibility index (Phi) is 3.85. The monoisotopic (exact) mass is 252 g/mol. The van der Waals surface area contributed by atoms with Crippen molar-refractivity contribution in [2.75, 3.05) is 0 Å². The number of rotatable bonds is 3. The lowest BCUT2D eigenvalue weighted by atomic mass is 9.93. The highest BCUT2D eigenvalue weighted by Gasteiger charge is 2.13. The highest BCUT2D eigenvalue weighted by atomic mass is 14.7. The van der Waals surface area contributed by atoms with E-state index in [4.69, 9.17) is 0 Å². The summed E-state index contributed by atoms with van der Waals surface area (Å²) in [5, 5.41) is 10.5. The molecule has 0 radical (unpaired) electrons. The van der Waals surface area contributed by atoms with Gasteiger partial charge < -0.3 is 0 Å². The molecular formula is C17H20N2. The molecule has 0 aliphatic carbocycles. The first-order chi connectivity index (χ1) is 9.04. The Morgan fingerprint density at radius 1 is 1.21 bits per heavy atom. The van der Waals surface area contributed by atoms with Crippen LogP contribution in [0.1, 0.15) is 50.3 Å². The van der Waals surface area contributed by atoms with Gasteiger partial charge in [-0.15, -0.1) is 0 Å². The molecule has 0 fully saturated rings. The maximum absolute atomic E-state index is 9.46. The number of nitriles is 1. The van der Waals surface area contributed by atoms with Crippen LogP contribution in [0.5, 0.6) is 0 Å². The summed E-state index contributed by atoms with van der Waals surface area (Å²) >= 11 is 0. The summed E-state index contributed by atoms with van der Waals surface area (Å²) in [5.74, 6) is 0.906. The molecule has 1 aromatic heterocycles. The summed E-state index contributed by atoms with van der Waals surface area (Å²) in [6.07, 6.45) is 2.87. The average molecular weight is 252 g/mol. The molecule has 0 unspecified atom stereocenters. The zero-order valence-electron chi connectivity index (χ0n) is 12.1. The summed E-state index contributed by atoms with van der Waals surface area (Å²) in [5.41, 5.74) is 4.04. The highest BCUT2D eigenvalue weighted by Crippen LogP contribution is 2.28. The average Bonchev–Trinajstić information content (AvgIpc) is 2.36.